The van der Waals surface area contributed by atoms with Gasteiger partial charge >= 0.3 is 6.09 Å². The third-order valence-corrected chi connectivity index (χ3v) is 14.6. The number of hydrogen-bond donors (Lipinski definition) is 3. The van der Waals surface area contributed by atoms with Gasteiger partial charge < -0.3 is 29.5 Å². The van der Waals surface area contributed by atoms with E-state index in [4.69, 9.17) is 13.9 Å². The molecule has 1 aromatic heterocycles. The Morgan fingerprint density at radius 2 is 1.56 bits per heavy atom. The lowest BCUT2D eigenvalue weighted by atomic mass is 9.89. The Morgan fingerprint density at radius 3 is 2.21 bits per heavy atom. The summed E-state index contributed by atoms with van der Waals surface area (Å²) in [5.74, 6) is -1.06. The minimum absolute atomic E-state index is 0.0390. The van der Waals surface area contributed by atoms with Crippen molar-refractivity contribution in [1.29, 1.82) is 0 Å². The van der Waals surface area contributed by atoms with Crippen LogP contribution in [-0.4, -0.2) is 61.2 Å². The molecule has 3 N–H and O–H groups in total. The number of epoxide rings is 1. The van der Waals surface area contributed by atoms with Crippen LogP contribution < -0.4 is 15.1 Å². The van der Waals surface area contributed by atoms with E-state index in [-0.39, 0.29) is 49.1 Å². The number of alkyl carbamates (subject to hydrolysis) is 1. The van der Waals surface area contributed by atoms with Crippen molar-refractivity contribution in [2.75, 3.05) is 6.61 Å². The maximum absolute atomic E-state index is 14.2. The number of para-hydroxylation sites is 1. The van der Waals surface area contributed by atoms with Gasteiger partial charge in [0, 0.05) is 29.4 Å². The number of carbonyl (C=O) groups excluding carboxylic acids is 4. The number of aromatic nitrogens is 1. The van der Waals surface area contributed by atoms with Crippen LogP contribution in [0.15, 0.2) is 85.1 Å². The number of H-pyrrole nitrogens is 1. The van der Waals surface area contributed by atoms with Gasteiger partial charge in [0.2, 0.25) is 14.2 Å². The van der Waals surface area contributed by atoms with E-state index in [1.807, 2.05) is 85.1 Å². The highest BCUT2D eigenvalue weighted by atomic mass is 28.4. The van der Waals surface area contributed by atoms with Gasteiger partial charge in [-0.15, -0.1) is 0 Å². The molecule has 2 amide bonds. The molecule has 52 heavy (non-hydrogen) atoms. The molecule has 3 aromatic carbocycles. The van der Waals surface area contributed by atoms with E-state index in [9.17, 15) is 19.2 Å². The molecule has 4 atom stereocenters. The molecule has 1 aliphatic rings. The topological polar surface area (TPSA) is 139 Å². The standard InChI is InChI=1S/C41H51N3O7Si/c1-27(43-39(48)49-25-29-13-9-8-10-14-29)36(45)23-30(22-31-24-42-34-16-12-11-15-33(31)34)38(47)44-35(37(46)41(5)26-50-41)21-28-17-19-32(20-18-28)51-52(6,7)40(2,3)4/h8-20,24,27,30,35,42H,21-23,25-26H2,1-7H3,(H,43,48)(H,44,47)/t27-,30-,35+,41-/m1/s1. The SMILES string of the molecule is C[C@@H](NC(=O)OCc1ccccc1)C(=O)C[C@@H](Cc1c[nH]c2ccccc12)C(=O)N[C@@H](Cc1ccc(O[Si](C)(C)C(C)(C)C)cc1)C(=O)[C@@]1(C)CO1. The van der Waals surface area contributed by atoms with Gasteiger partial charge in [0.05, 0.1) is 18.7 Å². The van der Waals surface area contributed by atoms with Gasteiger partial charge in [0.1, 0.15) is 18.0 Å². The maximum Gasteiger partial charge on any atom is 0.408 e. The zero-order valence-corrected chi connectivity index (χ0v) is 32.2. The van der Waals surface area contributed by atoms with E-state index in [2.05, 4.69) is 49.5 Å². The second-order valence-electron chi connectivity index (χ2n) is 15.5. The first-order valence-electron chi connectivity index (χ1n) is 17.9. The Balaban J connectivity index is 1.32. The van der Waals surface area contributed by atoms with Crippen LogP contribution in [0.4, 0.5) is 4.79 Å². The number of nitrogens with one attached hydrogen (secondary N) is 3. The molecule has 276 valence electrons. The monoisotopic (exact) mass is 725 g/mol. The minimum Gasteiger partial charge on any atom is -0.544 e. The van der Waals surface area contributed by atoms with Gasteiger partial charge in [-0.3, -0.25) is 14.4 Å². The van der Waals surface area contributed by atoms with Crippen molar-refractivity contribution in [3.63, 3.8) is 0 Å². The molecule has 0 saturated carbocycles. The van der Waals surface area contributed by atoms with E-state index in [1.165, 1.54) is 0 Å². The summed E-state index contributed by atoms with van der Waals surface area (Å²) in [6, 6.07) is 22.8. The lowest BCUT2D eigenvalue weighted by Crippen LogP contribution is -2.50. The van der Waals surface area contributed by atoms with Gasteiger partial charge in [-0.2, -0.15) is 0 Å². The molecule has 10 nitrogen and oxygen atoms in total. The van der Waals surface area contributed by atoms with Gasteiger partial charge in [0.25, 0.3) is 0 Å². The molecule has 4 aromatic rings. The zero-order valence-electron chi connectivity index (χ0n) is 31.2. The largest absolute Gasteiger partial charge is 0.544 e. The number of rotatable bonds is 16. The van der Waals surface area contributed by atoms with Crippen LogP contribution in [-0.2, 0) is 43.3 Å². The van der Waals surface area contributed by atoms with Crippen molar-refractivity contribution in [2.24, 2.45) is 5.92 Å². The normalized spacial score (nSPS) is 17.4. The minimum atomic E-state index is -2.05. The Labute approximate surface area is 307 Å². The molecule has 1 fully saturated rings. The average molecular weight is 726 g/mol. The predicted octanol–water partition coefficient (Wildman–Crippen LogP) is 7.07. The predicted molar refractivity (Wildman–Crippen MR) is 204 cm³/mol. The van der Waals surface area contributed by atoms with E-state index < -0.39 is 43.9 Å². The first-order valence-corrected chi connectivity index (χ1v) is 20.8. The highest BCUT2D eigenvalue weighted by Crippen LogP contribution is 2.37. The van der Waals surface area contributed by atoms with E-state index in [1.54, 1.807) is 13.8 Å². The van der Waals surface area contributed by atoms with Crippen LogP contribution in [0.25, 0.3) is 10.9 Å². The Morgan fingerprint density at radius 1 is 0.904 bits per heavy atom. The van der Waals surface area contributed by atoms with Gasteiger partial charge in [-0.1, -0.05) is 81.4 Å². The Hall–Kier alpha value is -4.74. The quantitative estimate of drug-likeness (QED) is 0.0830. The third kappa shape index (κ3) is 9.77. The van der Waals surface area contributed by atoms with Crippen molar-refractivity contribution >= 4 is 42.8 Å². The summed E-state index contributed by atoms with van der Waals surface area (Å²) in [6.45, 7) is 14.6. The molecule has 5 rings (SSSR count). The first-order chi connectivity index (χ1) is 24.5. The van der Waals surface area contributed by atoms with E-state index >= 15 is 0 Å². The second-order valence-corrected chi connectivity index (χ2v) is 20.2. The number of carbonyl (C=O) groups is 4. The fraction of sp³-hybridized carbons (Fsp3) is 0.415. The first kappa shape index (κ1) is 38.5. The van der Waals surface area contributed by atoms with Gasteiger partial charge in [-0.05, 0) is 79.7 Å². The lowest BCUT2D eigenvalue weighted by Gasteiger charge is -2.36. The highest BCUT2D eigenvalue weighted by Gasteiger charge is 2.50. The number of Topliss-reactive ketones (excluding diaryl/α,β-unsaturated/α-hetero) is 2. The molecule has 1 saturated heterocycles. The number of amides is 2. The fourth-order valence-electron chi connectivity index (χ4n) is 5.76. The van der Waals surface area contributed by atoms with Gasteiger partial charge in [0.15, 0.2) is 11.6 Å². The van der Waals surface area contributed by atoms with E-state index in [0.717, 1.165) is 33.3 Å². The summed E-state index contributed by atoms with van der Waals surface area (Å²) in [6.07, 6.45) is 1.42. The molecule has 2 heterocycles. The summed E-state index contributed by atoms with van der Waals surface area (Å²) in [5.41, 5.74) is 2.46. The van der Waals surface area contributed by atoms with Crippen molar-refractivity contribution < 1.29 is 33.1 Å². The van der Waals surface area contributed by atoms with Crippen molar-refractivity contribution in [3.8, 4) is 5.75 Å². The second kappa shape index (κ2) is 15.9. The molecule has 0 bridgehead atoms. The van der Waals surface area contributed by atoms with Crippen LogP contribution in [0.5, 0.6) is 5.75 Å². The molecule has 11 heteroatoms. The summed E-state index contributed by atoms with van der Waals surface area (Å²) in [4.78, 5) is 57.4. The van der Waals surface area contributed by atoms with Crippen LogP contribution >= 0.6 is 0 Å². The van der Waals surface area contributed by atoms with Gasteiger partial charge in [-0.25, -0.2) is 4.79 Å². The molecule has 1 aliphatic heterocycles. The van der Waals surface area contributed by atoms with Crippen molar-refractivity contribution in [2.45, 2.75) is 96.3 Å². The van der Waals surface area contributed by atoms with Crippen LogP contribution in [0.1, 0.15) is 57.7 Å². The van der Waals surface area contributed by atoms with Crippen LogP contribution in [0.3, 0.4) is 0 Å². The van der Waals surface area contributed by atoms with Crippen molar-refractivity contribution in [3.05, 3.63) is 102 Å². The van der Waals surface area contributed by atoms with Crippen molar-refractivity contribution in [1.82, 2.24) is 15.6 Å². The zero-order chi connectivity index (χ0) is 37.7. The molecular weight excluding hydrogens is 675 g/mol. The molecule has 0 spiro atoms. The average Bonchev–Trinajstić information content (AvgIpc) is 3.73. The Bertz CT molecular complexity index is 1880. The maximum atomic E-state index is 14.2. The summed E-state index contributed by atoms with van der Waals surface area (Å²) in [5, 5.41) is 6.58. The molecule has 0 aliphatic carbocycles. The molecule has 0 radical (unpaired) electrons. The third-order valence-electron chi connectivity index (χ3n) is 10.3. The molecule has 0 unspecified atom stereocenters. The number of benzene rings is 3. The number of hydrogen-bond acceptors (Lipinski definition) is 7. The molecular formula is C41H51N3O7Si. The summed E-state index contributed by atoms with van der Waals surface area (Å²) >= 11 is 0. The fourth-order valence-corrected chi connectivity index (χ4v) is 6.79. The van der Waals surface area contributed by atoms with Crippen LogP contribution in [0, 0.1) is 5.92 Å². The number of fused-ring (bicyclic) bond motifs is 1. The lowest BCUT2D eigenvalue weighted by molar-refractivity contribution is -0.134. The smallest absolute Gasteiger partial charge is 0.408 e. The Kier molecular flexibility index (Phi) is 11.7. The highest BCUT2D eigenvalue weighted by molar-refractivity contribution is 6.74. The van der Waals surface area contributed by atoms with Crippen LogP contribution in [0.2, 0.25) is 18.1 Å². The number of ether oxygens (including phenoxy) is 2. The summed E-state index contributed by atoms with van der Waals surface area (Å²) < 4.78 is 17.3. The van der Waals surface area contributed by atoms with E-state index in [0.29, 0.717) is 0 Å². The number of ketones is 2. The number of aromatic amines is 1. The summed E-state index contributed by atoms with van der Waals surface area (Å²) in [7, 11) is -2.05.